The van der Waals surface area contributed by atoms with Crippen molar-refractivity contribution < 1.29 is 28.5 Å². The van der Waals surface area contributed by atoms with Crippen molar-refractivity contribution in [2.45, 2.75) is 52.4 Å². The molecule has 0 saturated heterocycles. The van der Waals surface area contributed by atoms with Gasteiger partial charge in [0.25, 0.3) is 0 Å². The first-order valence-electron chi connectivity index (χ1n) is 11.6. The zero-order valence-electron chi connectivity index (χ0n) is 21.5. The zero-order valence-corrected chi connectivity index (χ0v) is 22.5. The smallest absolute Gasteiger partial charge is 0.193 e. The minimum Gasteiger partial charge on any atom is -0.496 e. The average Bonchev–Trinajstić information content (AvgIpc) is 2.84. The Morgan fingerprint density at radius 1 is 0.735 bits per heavy atom. The van der Waals surface area contributed by atoms with Crippen molar-refractivity contribution in [2.75, 3.05) is 34.5 Å². The summed E-state index contributed by atoms with van der Waals surface area (Å²) in [6.07, 6.45) is 6.49. The maximum atomic E-state index is 13.4. The van der Waals surface area contributed by atoms with Gasteiger partial charge in [0.05, 0.1) is 34.5 Å². The molecule has 0 aromatic heterocycles. The van der Waals surface area contributed by atoms with Crippen molar-refractivity contribution in [1.82, 2.24) is 0 Å². The van der Waals surface area contributed by atoms with E-state index in [2.05, 4.69) is 13.8 Å². The Balaban J connectivity index is 0.00000578. The van der Waals surface area contributed by atoms with E-state index in [9.17, 15) is 4.79 Å². The quantitative estimate of drug-likeness (QED) is 0.176. The van der Waals surface area contributed by atoms with E-state index in [4.69, 9.17) is 23.7 Å². The Kier molecular flexibility index (Phi) is 14.8. The van der Waals surface area contributed by atoms with Crippen LogP contribution in [0.2, 0.25) is 0 Å². The molecule has 183 valence electrons. The second-order valence-corrected chi connectivity index (χ2v) is 8.87. The summed E-state index contributed by atoms with van der Waals surface area (Å²) in [5.41, 5.74) is 0.303. The molecule has 0 heterocycles. The van der Waals surface area contributed by atoms with E-state index in [1.165, 1.54) is 14.2 Å². The van der Waals surface area contributed by atoms with Crippen molar-refractivity contribution in [3.8, 4) is 28.7 Å². The van der Waals surface area contributed by atoms with Crippen molar-refractivity contribution >= 4 is 38.3 Å². The van der Waals surface area contributed by atoms with Gasteiger partial charge in [0.1, 0.15) is 34.3 Å². The van der Waals surface area contributed by atoms with Crippen LogP contribution in [-0.2, 0) is 0 Å². The van der Waals surface area contributed by atoms with Crippen LogP contribution in [0.5, 0.6) is 28.7 Å². The number of carbonyl (C=O) groups is 1. The Bertz CT molecular complexity index is 865. The average molecular weight is 483 g/mol. The summed E-state index contributed by atoms with van der Waals surface area (Å²) in [6.45, 7) is 5.60. The number of ether oxygens (including phenoxy) is 5. The number of rotatable bonds is 16. The third-order valence-electron chi connectivity index (χ3n) is 5.17. The van der Waals surface area contributed by atoms with Gasteiger partial charge in [-0.05, 0) is 33.6 Å². The minimum absolute atomic E-state index is 0. The number of unbranched alkanes of at least 4 members (excludes halogenated alkanes) is 4. The molecule has 0 amide bonds. The largest absolute Gasteiger partial charge is 0.496 e. The molecule has 1 radical (unpaired) electrons. The summed E-state index contributed by atoms with van der Waals surface area (Å²) in [6, 6.07) is 9.10. The summed E-state index contributed by atoms with van der Waals surface area (Å²) in [4.78, 5) is 13.4. The van der Waals surface area contributed by atoms with E-state index in [1.54, 1.807) is 19.2 Å². The number of hydrogen-bond acceptors (Lipinski definition) is 6. The molecule has 1 unspecified atom stereocenters. The van der Waals surface area contributed by atoms with Crippen LogP contribution in [0.3, 0.4) is 0 Å². The van der Waals surface area contributed by atoms with Crippen LogP contribution in [0.1, 0.15) is 62.7 Å². The molecule has 0 spiro atoms. The fourth-order valence-corrected chi connectivity index (χ4v) is 4.36. The molecule has 2 rings (SSSR count). The fourth-order valence-electron chi connectivity index (χ4n) is 3.31. The van der Waals surface area contributed by atoms with Gasteiger partial charge in [-0.3, -0.25) is 4.79 Å². The summed E-state index contributed by atoms with van der Waals surface area (Å²) in [5, 5.41) is 0.831. The van der Waals surface area contributed by atoms with E-state index >= 15 is 0 Å². The summed E-state index contributed by atoms with van der Waals surface area (Å²) in [7, 11) is 4.46. The first kappa shape index (κ1) is 30.2. The third kappa shape index (κ3) is 9.06. The molecule has 0 aliphatic rings. The Morgan fingerprint density at radius 3 is 1.82 bits per heavy atom. The SMILES string of the molecule is CCCCCOc1ccc(PC(=O)c2c(OC)cc(OC)cc2OC)c(OCCCCC)c1.[Li]. The minimum atomic E-state index is -0.159. The van der Waals surface area contributed by atoms with Crippen molar-refractivity contribution in [3.63, 3.8) is 0 Å². The van der Waals surface area contributed by atoms with Crippen LogP contribution in [-0.4, -0.2) is 58.9 Å². The van der Waals surface area contributed by atoms with Gasteiger partial charge in [-0.15, -0.1) is 0 Å². The van der Waals surface area contributed by atoms with E-state index in [-0.39, 0.29) is 33.0 Å². The molecule has 0 aliphatic heterocycles. The Morgan fingerprint density at radius 2 is 1.29 bits per heavy atom. The van der Waals surface area contributed by atoms with Gasteiger partial charge in [-0.1, -0.05) is 39.5 Å². The normalized spacial score (nSPS) is 10.6. The number of carbonyl (C=O) groups excluding carboxylic acids is 1. The predicted molar refractivity (Wildman–Crippen MR) is 141 cm³/mol. The number of methoxy groups -OCH3 is 3. The van der Waals surface area contributed by atoms with Gasteiger partial charge >= 0.3 is 0 Å². The van der Waals surface area contributed by atoms with Crippen LogP contribution in [0.4, 0.5) is 0 Å². The first-order chi connectivity index (χ1) is 16.1. The first-order valence-corrected chi connectivity index (χ1v) is 12.6. The topological polar surface area (TPSA) is 63.2 Å². The van der Waals surface area contributed by atoms with Gasteiger partial charge < -0.3 is 23.7 Å². The van der Waals surface area contributed by atoms with E-state index in [1.807, 2.05) is 18.2 Å². The van der Waals surface area contributed by atoms with Crippen LogP contribution in [0.15, 0.2) is 30.3 Å². The summed E-state index contributed by atoms with van der Waals surface area (Å²) < 4.78 is 28.2. The molecule has 0 bridgehead atoms. The monoisotopic (exact) mass is 483 g/mol. The van der Waals surface area contributed by atoms with Gasteiger partial charge in [0.15, 0.2) is 5.52 Å². The molecule has 34 heavy (non-hydrogen) atoms. The molecule has 1 atom stereocenters. The standard InChI is InChI=1S/C26H37O6P.Li/c1-6-8-10-14-31-19-12-13-24(21(16-19)32-15-11-9-7-2)33-26(27)25-22(29-4)17-20(28-3)18-23(25)30-5;/h12-13,16-18,33H,6-11,14-15H2,1-5H3;. The maximum absolute atomic E-state index is 13.4. The zero-order chi connectivity index (χ0) is 24.1. The molecule has 2 aromatic carbocycles. The molecule has 2 aromatic rings. The molecular formula is C26H37LiO6P. The van der Waals surface area contributed by atoms with Crippen molar-refractivity contribution in [2.24, 2.45) is 0 Å². The van der Waals surface area contributed by atoms with Gasteiger partial charge in [-0.25, -0.2) is 0 Å². The van der Waals surface area contributed by atoms with Crippen LogP contribution in [0, 0.1) is 0 Å². The second kappa shape index (κ2) is 16.7. The van der Waals surface area contributed by atoms with E-state index in [0.29, 0.717) is 41.8 Å². The van der Waals surface area contributed by atoms with E-state index in [0.717, 1.165) is 49.6 Å². The van der Waals surface area contributed by atoms with Crippen LogP contribution >= 0.6 is 8.58 Å². The maximum Gasteiger partial charge on any atom is 0.193 e. The summed E-state index contributed by atoms with van der Waals surface area (Å²) >= 11 is 0. The molecule has 6 nitrogen and oxygen atoms in total. The molecule has 8 heteroatoms. The predicted octanol–water partition coefficient (Wildman–Crippen LogP) is 5.61. The molecular weight excluding hydrogens is 446 g/mol. The van der Waals surface area contributed by atoms with Gasteiger partial charge in [0, 0.05) is 42.4 Å². The molecule has 0 aliphatic carbocycles. The molecule has 0 fully saturated rings. The van der Waals surface area contributed by atoms with Crippen LogP contribution < -0.4 is 29.0 Å². The number of hydrogen-bond donors (Lipinski definition) is 0. The van der Waals surface area contributed by atoms with Crippen molar-refractivity contribution in [3.05, 3.63) is 35.9 Å². The van der Waals surface area contributed by atoms with Crippen molar-refractivity contribution in [1.29, 1.82) is 0 Å². The summed E-state index contributed by atoms with van der Waals surface area (Å²) in [5.74, 6) is 2.86. The van der Waals surface area contributed by atoms with Gasteiger partial charge in [0.2, 0.25) is 0 Å². The third-order valence-corrected chi connectivity index (χ3v) is 6.32. The molecule has 0 N–H and O–H groups in total. The Hall–Kier alpha value is -1.86. The van der Waals surface area contributed by atoms with E-state index < -0.39 is 0 Å². The van der Waals surface area contributed by atoms with Crippen LogP contribution in [0.25, 0.3) is 0 Å². The number of benzene rings is 2. The fraction of sp³-hybridized carbons (Fsp3) is 0.500. The second-order valence-electron chi connectivity index (χ2n) is 7.63. The van der Waals surface area contributed by atoms with Gasteiger partial charge in [-0.2, -0.15) is 0 Å². The Labute approximate surface area is 218 Å². The molecule has 0 saturated carbocycles.